The van der Waals surface area contributed by atoms with Crippen LogP contribution in [-0.4, -0.2) is 48.9 Å². The van der Waals surface area contributed by atoms with Crippen LogP contribution in [0.25, 0.3) is 0 Å². The van der Waals surface area contributed by atoms with Gasteiger partial charge in [-0.2, -0.15) is 0 Å². The second kappa shape index (κ2) is 6.27. The van der Waals surface area contributed by atoms with Crippen molar-refractivity contribution in [1.29, 1.82) is 0 Å². The van der Waals surface area contributed by atoms with E-state index in [4.69, 9.17) is 15.2 Å². The summed E-state index contributed by atoms with van der Waals surface area (Å²) in [5, 5.41) is 0. The van der Waals surface area contributed by atoms with Crippen LogP contribution in [0.15, 0.2) is 0 Å². The maximum Gasteiger partial charge on any atom is 0.410 e. The average Bonchev–Trinajstić information content (AvgIpc) is 2.15. The minimum absolute atomic E-state index is 0. The zero-order valence-electron chi connectivity index (χ0n) is 10.1. The van der Waals surface area contributed by atoms with Gasteiger partial charge in [-0.05, 0) is 20.8 Å². The third-order valence-corrected chi connectivity index (χ3v) is 2.05. The molecule has 0 aromatic carbocycles. The molecule has 1 atom stereocenters. The van der Waals surface area contributed by atoms with Gasteiger partial charge in [0.2, 0.25) is 0 Å². The van der Waals surface area contributed by atoms with Crippen molar-refractivity contribution in [2.24, 2.45) is 5.73 Å². The molecule has 0 bridgehead atoms. The normalized spacial score (nSPS) is 21.2. The summed E-state index contributed by atoms with van der Waals surface area (Å²) in [6.07, 6.45) is -0.351. The molecule has 0 spiro atoms. The summed E-state index contributed by atoms with van der Waals surface area (Å²) < 4.78 is 10.6. The zero-order chi connectivity index (χ0) is 11.5. The molecule has 16 heavy (non-hydrogen) atoms. The molecule has 0 aromatic heterocycles. The summed E-state index contributed by atoms with van der Waals surface area (Å²) in [5.74, 6) is 0. The molecule has 1 fully saturated rings. The second-order valence-corrected chi connectivity index (χ2v) is 4.65. The Labute approximate surface area is 103 Å². The average molecular weight is 253 g/mol. The fraction of sp³-hybridized carbons (Fsp3) is 0.900. The molecule has 1 aliphatic rings. The van der Waals surface area contributed by atoms with Gasteiger partial charge >= 0.3 is 6.09 Å². The van der Waals surface area contributed by atoms with Gasteiger partial charge in [-0.25, -0.2) is 4.79 Å². The van der Waals surface area contributed by atoms with Crippen LogP contribution in [0.4, 0.5) is 4.79 Å². The van der Waals surface area contributed by atoms with Gasteiger partial charge in [0.05, 0.1) is 19.3 Å². The fourth-order valence-corrected chi connectivity index (χ4v) is 1.35. The molecule has 2 N–H and O–H groups in total. The Morgan fingerprint density at radius 2 is 2.19 bits per heavy atom. The van der Waals surface area contributed by atoms with E-state index >= 15 is 0 Å². The number of rotatable bonds is 1. The third-order valence-electron chi connectivity index (χ3n) is 2.05. The molecule has 0 saturated carbocycles. The van der Waals surface area contributed by atoms with Gasteiger partial charge in [0.15, 0.2) is 0 Å². The lowest BCUT2D eigenvalue weighted by molar-refractivity contribution is -0.0384. The molecular formula is C10H21ClN2O3. The van der Waals surface area contributed by atoms with Crippen molar-refractivity contribution in [3.8, 4) is 0 Å². The highest BCUT2D eigenvalue weighted by atomic mass is 35.5. The highest BCUT2D eigenvalue weighted by Gasteiger charge is 2.27. The second-order valence-electron chi connectivity index (χ2n) is 4.65. The van der Waals surface area contributed by atoms with Crippen molar-refractivity contribution >= 4 is 18.5 Å². The van der Waals surface area contributed by atoms with Gasteiger partial charge < -0.3 is 20.1 Å². The summed E-state index contributed by atoms with van der Waals surface area (Å²) in [4.78, 5) is 13.3. The summed E-state index contributed by atoms with van der Waals surface area (Å²) in [7, 11) is 0. The van der Waals surface area contributed by atoms with Crippen molar-refractivity contribution in [1.82, 2.24) is 4.90 Å². The summed E-state index contributed by atoms with van der Waals surface area (Å²) in [6, 6.07) is 0. The van der Waals surface area contributed by atoms with E-state index in [-0.39, 0.29) is 24.6 Å². The molecule has 6 heteroatoms. The Morgan fingerprint density at radius 3 is 2.69 bits per heavy atom. The van der Waals surface area contributed by atoms with Crippen molar-refractivity contribution in [2.45, 2.75) is 32.5 Å². The minimum atomic E-state index is -0.451. The number of nitrogens with two attached hydrogens (primary N) is 1. The van der Waals surface area contributed by atoms with Crippen LogP contribution in [0.2, 0.25) is 0 Å². The summed E-state index contributed by atoms with van der Waals surface area (Å²) in [6.45, 7) is 7.61. The highest BCUT2D eigenvalue weighted by Crippen LogP contribution is 2.12. The summed E-state index contributed by atoms with van der Waals surface area (Å²) >= 11 is 0. The van der Waals surface area contributed by atoms with Gasteiger partial charge in [-0.3, -0.25) is 0 Å². The van der Waals surface area contributed by atoms with Gasteiger partial charge in [-0.1, -0.05) is 0 Å². The molecule has 1 heterocycles. The largest absolute Gasteiger partial charge is 0.444 e. The van der Waals surface area contributed by atoms with E-state index in [0.717, 1.165) is 0 Å². The number of ether oxygens (including phenoxy) is 2. The number of hydrogen-bond donors (Lipinski definition) is 1. The van der Waals surface area contributed by atoms with Crippen molar-refractivity contribution in [2.75, 3.05) is 26.2 Å². The van der Waals surface area contributed by atoms with Crippen molar-refractivity contribution in [3.05, 3.63) is 0 Å². The number of nitrogens with zero attached hydrogens (tertiary/aromatic N) is 1. The Balaban J connectivity index is 0.00000225. The van der Waals surface area contributed by atoms with Gasteiger partial charge in [0, 0.05) is 13.1 Å². The van der Waals surface area contributed by atoms with Crippen LogP contribution in [0, 0.1) is 0 Å². The molecule has 0 aromatic rings. The smallest absolute Gasteiger partial charge is 0.410 e. The number of morpholine rings is 1. The third kappa shape index (κ3) is 5.01. The Kier molecular flexibility index (Phi) is 6.07. The van der Waals surface area contributed by atoms with E-state index in [2.05, 4.69) is 0 Å². The standard InChI is InChI=1S/C10H20N2O3.ClH/c1-10(2,3)15-9(13)12-4-5-14-8(6-11)7-12;/h8H,4-7,11H2,1-3H3;1H/t8-;/m0./s1. The first-order valence-electron chi connectivity index (χ1n) is 5.22. The molecule has 0 aliphatic carbocycles. The first-order valence-corrected chi connectivity index (χ1v) is 5.22. The molecule has 1 amide bonds. The predicted molar refractivity (Wildman–Crippen MR) is 63.8 cm³/mol. The molecule has 1 aliphatic heterocycles. The van der Waals surface area contributed by atoms with E-state index in [9.17, 15) is 4.79 Å². The van der Waals surface area contributed by atoms with Crippen LogP contribution in [0.3, 0.4) is 0 Å². The lowest BCUT2D eigenvalue weighted by Crippen LogP contribution is -2.49. The first-order chi connectivity index (χ1) is 6.92. The van der Waals surface area contributed by atoms with Crippen LogP contribution in [0.1, 0.15) is 20.8 Å². The van der Waals surface area contributed by atoms with Crippen LogP contribution in [-0.2, 0) is 9.47 Å². The highest BCUT2D eigenvalue weighted by molar-refractivity contribution is 5.85. The van der Waals surface area contributed by atoms with Crippen molar-refractivity contribution < 1.29 is 14.3 Å². The van der Waals surface area contributed by atoms with Gasteiger partial charge in [0.1, 0.15) is 5.60 Å². The van der Waals surface area contributed by atoms with E-state index < -0.39 is 5.60 Å². The molecule has 0 unspecified atom stereocenters. The number of hydrogen-bond acceptors (Lipinski definition) is 4. The number of carbonyl (C=O) groups excluding carboxylic acids is 1. The van der Waals surface area contributed by atoms with E-state index in [0.29, 0.717) is 26.2 Å². The van der Waals surface area contributed by atoms with E-state index in [1.807, 2.05) is 20.8 Å². The van der Waals surface area contributed by atoms with Crippen LogP contribution < -0.4 is 5.73 Å². The number of carbonyl (C=O) groups is 1. The minimum Gasteiger partial charge on any atom is -0.444 e. The Morgan fingerprint density at radius 1 is 1.56 bits per heavy atom. The SMILES string of the molecule is CC(C)(C)OC(=O)N1CCO[C@@H](CN)C1.Cl. The Bertz CT molecular complexity index is 231. The van der Waals surface area contributed by atoms with Crippen LogP contribution >= 0.6 is 12.4 Å². The first kappa shape index (κ1) is 15.5. The number of amides is 1. The Hall–Kier alpha value is -0.520. The fourth-order valence-electron chi connectivity index (χ4n) is 1.35. The lowest BCUT2D eigenvalue weighted by Gasteiger charge is -2.33. The topological polar surface area (TPSA) is 64.8 Å². The molecule has 96 valence electrons. The predicted octanol–water partition coefficient (Wildman–Crippen LogP) is 1.00. The maximum atomic E-state index is 11.7. The molecule has 1 rings (SSSR count). The maximum absolute atomic E-state index is 11.7. The van der Waals surface area contributed by atoms with E-state index in [1.165, 1.54) is 0 Å². The summed E-state index contributed by atoms with van der Waals surface area (Å²) in [5.41, 5.74) is 5.04. The zero-order valence-corrected chi connectivity index (χ0v) is 10.9. The van der Waals surface area contributed by atoms with E-state index in [1.54, 1.807) is 4.90 Å². The molecule has 5 nitrogen and oxygen atoms in total. The van der Waals surface area contributed by atoms with Crippen LogP contribution in [0.5, 0.6) is 0 Å². The van der Waals surface area contributed by atoms with Gasteiger partial charge in [0.25, 0.3) is 0 Å². The lowest BCUT2D eigenvalue weighted by atomic mass is 10.2. The van der Waals surface area contributed by atoms with Gasteiger partial charge in [-0.15, -0.1) is 12.4 Å². The van der Waals surface area contributed by atoms with Crippen molar-refractivity contribution in [3.63, 3.8) is 0 Å². The quantitative estimate of drug-likeness (QED) is 0.756. The molecular weight excluding hydrogens is 232 g/mol. The molecule has 1 saturated heterocycles. The molecule has 0 radical (unpaired) electrons. The monoisotopic (exact) mass is 252 g/mol. The number of halogens is 1.